The first-order valence-electron chi connectivity index (χ1n) is 6.56. The van der Waals surface area contributed by atoms with Crippen LogP contribution in [0.25, 0.3) is 0 Å². The van der Waals surface area contributed by atoms with Crippen molar-refractivity contribution < 1.29 is 4.79 Å². The summed E-state index contributed by atoms with van der Waals surface area (Å²) in [7, 11) is 3.61. The molecule has 1 atom stereocenters. The zero-order valence-corrected chi connectivity index (χ0v) is 13.6. The number of nitrogens with two attached hydrogens (primary N) is 1. The van der Waals surface area contributed by atoms with E-state index in [9.17, 15) is 4.79 Å². The van der Waals surface area contributed by atoms with Crippen LogP contribution in [0.4, 0.5) is 0 Å². The molecule has 0 aliphatic rings. The van der Waals surface area contributed by atoms with Gasteiger partial charge in [-0.3, -0.25) is 4.79 Å². The predicted molar refractivity (Wildman–Crippen MR) is 83.8 cm³/mol. The second-order valence-corrected chi connectivity index (χ2v) is 5.76. The zero-order chi connectivity index (χ0) is 15.4. The van der Waals surface area contributed by atoms with Crippen LogP contribution in [0, 0.1) is 0 Å². The number of ketones is 1. The maximum absolute atomic E-state index is 12.4. The van der Waals surface area contributed by atoms with Gasteiger partial charge in [0.05, 0.1) is 6.04 Å². The van der Waals surface area contributed by atoms with E-state index in [2.05, 4.69) is 26.2 Å². The maximum atomic E-state index is 12.4. The van der Waals surface area contributed by atoms with E-state index < -0.39 is 6.04 Å². The largest absolute Gasteiger partial charge is 0.320 e. The molecule has 1 aromatic carbocycles. The number of carbonyl (C=O) groups excluding carboxylic acids is 1. The molecule has 0 fully saturated rings. The fourth-order valence-electron chi connectivity index (χ4n) is 2.15. The van der Waals surface area contributed by atoms with E-state index in [1.165, 1.54) is 10.2 Å². The van der Waals surface area contributed by atoms with Crippen LogP contribution in [-0.2, 0) is 13.6 Å². The van der Waals surface area contributed by atoms with E-state index in [4.69, 9.17) is 5.73 Å². The van der Waals surface area contributed by atoms with Gasteiger partial charge in [-0.05, 0) is 28.5 Å². The molecule has 0 amide bonds. The van der Waals surface area contributed by atoms with E-state index in [0.29, 0.717) is 16.8 Å². The van der Waals surface area contributed by atoms with Crippen molar-refractivity contribution in [2.24, 2.45) is 12.8 Å². The summed E-state index contributed by atoms with van der Waals surface area (Å²) in [5.41, 5.74) is 7.60. The van der Waals surface area contributed by atoms with Crippen molar-refractivity contribution in [2.75, 3.05) is 13.6 Å². The molecular formula is C14H18BrN5O. The SMILES string of the molecule is CN(Cc1ccccc1)CC(N)C(=O)c1c(Br)nnn1C. The number of carbonyl (C=O) groups is 1. The Hall–Kier alpha value is -1.57. The first-order valence-corrected chi connectivity index (χ1v) is 7.35. The van der Waals surface area contributed by atoms with Crippen LogP contribution < -0.4 is 5.73 Å². The minimum Gasteiger partial charge on any atom is -0.320 e. The van der Waals surface area contributed by atoms with Gasteiger partial charge in [0, 0.05) is 20.1 Å². The zero-order valence-electron chi connectivity index (χ0n) is 12.0. The average molecular weight is 352 g/mol. The second kappa shape index (κ2) is 6.93. The highest BCUT2D eigenvalue weighted by Gasteiger charge is 2.24. The lowest BCUT2D eigenvalue weighted by molar-refractivity contribution is 0.0931. The van der Waals surface area contributed by atoms with Crippen molar-refractivity contribution in [3.8, 4) is 0 Å². The van der Waals surface area contributed by atoms with Gasteiger partial charge in [-0.15, -0.1) is 5.10 Å². The van der Waals surface area contributed by atoms with E-state index in [1.807, 2.05) is 42.3 Å². The summed E-state index contributed by atoms with van der Waals surface area (Å²) in [5.74, 6) is -0.172. The Morgan fingerprint density at radius 3 is 2.67 bits per heavy atom. The Morgan fingerprint density at radius 1 is 1.43 bits per heavy atom. The summed E-state index contributed by atoms with van der Waals surface area (Å²) in [6.45, 7) is 1.21. The van der Waals surface area contributed by atoms with Gasteiger partial charge in [0.2, 0.25) is 5.78 Å². The minimum atomic E-state index is -0.618. The number of aryl methyl sites for hydroxylation is 1. The van der Waals surface area contributed by atoms with Crippen LogP contribution in [0.3, 0.4) is 0 Å². The highest BCUT2D eigenvalue weighted by Crippen LogP contribution is 2.14. The summed E-state index contributed by atoms with van der Waals surface area (Å²) in [6, 6.07) is 9.44. The van der Waals surface area contributed by atoms with Gasteiger partial charge < -0.3 is 10.6 Å². The van der Waals surface area contributed by atoms with Gasteiger partial charge in [0.1, 0.15) is 5.69 Å². The highest BCUT2D eigenvalue weighted by molar-refractivity contribution is 9.10. The van der Waals surface area contributed by atoms with Crippen LogP contribution in [0.5, 0.6) is 0 Å². The van der Waals surface area contributed by atoms with Gasteiger partial charge in [-0.25, -0.2) is 4.68 Å². The van der Waals surface area contributed by atoms with E-state index in [1.54, 1.807) is 7.05 Å². The molecule has 0 spiro atoms. The molecule has 1 heterocycles. The van der Waals surface area contributed by atoms with Crippen molar-refractivity contribution in [2.45, 2.75) is 12.6 Å². The van der Waals surface area contributed by atoms with Gasteiger partial charge in [-0.2, -0.15) is 0 Å². The van der Waals surface area contributed by atoms with Crippen molar-refractivity contribution in [1.82, 2.24) is 19.9 Å². The lowest BCUT2D eigenvalue weighted by Gasteiger charge is -2.20. The van der Waals surface area contributed by atoms with Crippen LogP contribution in [0.1, 0.15) is 16.1 Å². The molecule has 0 bridgehead atoms. The molecule has 1 unspecified atom stereocenters. The number of halogens is 1. The molecule has 0 saturated heterocycles. The summed E-state index contributed by atoms with van der Waals surface area (Å²) in [5, 5.41) is 7.60. The number of aromatic nitrogens is 3. The first-order chi connectivity index (χ1) is 9.99. The first kappa shape index (κ1) is 15.8. The van der Waals surface area contributed by atoms with Crippen LogP contribution in [0.2, 0.25) is 0 Å². The molecule has 1 aromatic heterocycles. The van der Waals surface area contributed by atoms with E-state index in [0.717, 1.165) is 6.54 Å². The Labute approximate surface area is 132 Å². The number of likely N-dealkylation sites (N-methyl/N-ethyl adjacent to an activating group) is 1. The maximum Gasteiger partial charge on any atom is 0.201 e. The van der Waals surface area contributed by atoms with Crippen LogP contribution in [-0.4, -0.2) is 45.3 Å². The lowest BCUT2D eigenvalue weighted by Crippen LogP contribution is -2.41. The molecule has 0 aliphatic carbocycles. The number of benzene rings is 1. The molecule has 6 nitrogen and oxygen atoms in total. The average Bonchev–Trinajstić information content (AvgIpc) is 2.78. The molecule has 2 rings (SSSR count). The number of rotatable bonds is 6. The van der Waals surface area contributed by atoms with Crippen molar-refractivity contribution >= 4 is 21.7 Å². The van der Waals surface area contributed by atoms with E-state index >= 15 is 0 Å². The normalized spacial score (nSPS) is 12.6. The smallest absolute Gasteiger partial charge is 0.201 e. The molecule has 2 aromatic rings. The Kier molecular flexibility index (Phi) is 5.22. The van der Waals surface area contributed by atoms with Crippen LogP contribution >= 0.6 is 15.9 Å². The lowest BCUT2D eigenvalue weighted by atomic mass is 10.1. The topological polar surface area (TPSA) is 77.0 Å². The quantitative estimate of drug-likeness (QED) is 0.791. The van der Waals surface area contributed by atoms with Gasteiger partial charge in [-0.1, -0.05) is 35.5 Å². The van der Waals surface area contributed by atoms with Crippen LogP contribution in [0.15, 0.2) is 34.9 Å². The monoisotopic (exact) mass is 351 g/mol. The molecular weight excluding hydrogens is 334 g/mol. The van der Waals surface area contributed by atoms with Crippen molar-refractivity contribution in [3.63, 3.8) is 0 Å². The third-order valence-electron chi connectivity index (χ3n) is 3.16. The van der Waals surface area contributed by atoms with Gasteiger partial charge in [0.25, 0.3) is 0 Å². The predicted octanol–water partition coefficient (Wildman–Crippen LogP) is 1.22. The molecule has 2 N–H and O–H groups in total. The number of hydrogen-bond donors (Lipinski definition) is 1. The summed E-state index contributed by atoms with van der Waals surface area (Å²) in [4.78, 5) is 14.4. The van der Waals surface area contributed by atoms with E-state index in [-0.39, 0.29) is 5.78 Å². The standard InChI is InChI=1S/C14H18BrN5O/c1-19(8-10-6-4-3-5-7-10)9-11(16)13(21)12-14(15)17-18-20(12)2/h3-7,11H,8-9,16H2,1-2H3. The second-order valence-electron chi connectivity index (χ2n) is 5.01. The fraction of sp³-hybridized carbons (Fsp3) is 0.357. The van der Waals surface area contributed by atoms with Gasteiger partial charge >= 0.3 is 0 Å². The minimum absolute atomic E-state index is 0.172. The van der Waals surface area contributed by atoms with Crippen molar-refractivity contribution in [1.29, 1.82) is 0 Å². The molecule has 21 heavy (non-hydrogen) atoms. The Balaban J connectivity index is 1.98. The number of Topliss-reactive ketones (excluding diaryl/α,β-unsaturated/α-hetero) is 1. The summed E-state index contributed by atoms with van der Waals surface area (Å²) in [6.07, 6.45) is 0. The number of nitrogens with zero attached hydrogens (tertiary/aromatic N) is 4. The summed E-state index contributed by atoms with van der Waals surface area (Å²) < 4.78 is 1.86. The third kappa shape index (κ3) is 3.96. The highest BCUT2D eigenvalue weighted by atomic mass is 79.9. The molecule has 7 heteroatoms. The number of hydrogen-bond acceptors (Lipinski definition) is 5. The van der Waals surface area contributed by atoms with Gasteiger partial charge in [0.15, 0.2) is 4.60 Å². The fourth-order valence-corrected chi connectivity index (χ4v) is 2.67. The molecule has 0 aliphatic heterocycles. The third-order valence-corrected chi connectivity index (χ3v) is 3.69. The van der Waals surface area contributed by atoms with Crippen molar-refractivity contribution in [3.05, 3.63) is 46.2 Å². The summed E-state index contributed by atoms with van der Waals surface area (Å²) >= 11 is 3.22. The Morgan fingerprint density at radius 2 is 2.10 bits per heavy atom. The molecule has 0 radical (unpaired) electrons. The molecule has 0 saturated carbocycles. The Bertz CT molecular complexity index is 594. The molecule has 112 valence electrons.